The second-order valence-electron chi connectivity index (χ2n) is 6.82. The Hall–Kier alpha value is -2.91. The minimum atomic E-state index is -0.204. The molecule has 29 heavy (non-hydrogen) atoms. The van der Waals surface area contributed by atoms with E-state index in [1.54, 1.807) is 18.9 Å². The molecule has 1 atom stereocenters. The number of hydrogen-bond donors (Lipinski definition) is 2. The van der Waals surface area contributed by atoms with E-state index in [4.69, 9.17) is 14.2 Å². The summed E-state index contributed by atoms with van der Waals surface area (Å²) in [6.45, 7) is 0.979. The van der Waals surface area contributed by atoms with Crippen LogP contribution in [0.3, 0.4) is 0 Å². The SMILES string of the molecule is COc1ccc(CNc2ncnc3c2c(CO)nn3C2CCCCO2)c(OC)c1. The van der Waals surface area contributed by atoms with Crippen LogP contribution in [0.15, 0.2) is 24.5 Å². The van der Waals surface area contributed by atoms with E-state index in [1.165, 1.54) is 6.33 Å². The summed E-state index contributed by atoms with van der Waals surface area (Å²) >= 11 is 0. The zero-order chi connectivity index (χ0) is 20.2. The average molecular weight is 399 g/mol. The van der Waals surface area contributed by atoms with Crippen molar-refractivity contribution < 1.29 is 19.3 Å². The van der Waals surface area contributed by atoms with Gasteiger partial charge >= 0.3 is 0 Å². The van der Waals surface area contributed by atoms with E-state index < -0.39 is 0 Å². The molecule has 0 amide bonds. The van der Waals surface area contributed by atoms with Crippen molar-refractivity contribution in [2.45, 2.75) is 38.6 Å². The molecule has 0 saturated carbocycles. The second-order valence-corrected chi connectivity index (χ2v) is 6.82. The average Bonchev–Trinajstić information content (AvgIpc) is 3.17. The molecule has 0 spiro atoms. The Balaban J connectivity index is 1.65. The van der Waals surface area contributed by atoms with Crippen LogP contribution < -0.4 is 14.8 Å². The molecule has 1 unspecified atom stereocenters. The summed E-state index contributed by atoms with van der Waals surface area (Å²) in [6.07, 6.45) is 4.33. The fraction of sp³-hybridized carbons (Fsp3) is 0.450. The van der Waals surface area contributed by atoms with Gasteiger partial charge in [0.05, 0.1) is 26.2 Å². The lowest BCUT2D eigenvalue weighted by molar-refractivity contribution is -0.0374. The van der Waals surface area contributed by atoms with Gasteiger partial charge in [-0.1, -0.05) is 0 Å². The molecule has 3 aromatic rings. The first-order chi connectivity index (χ1) is 14.2. The van der Waals surface area contributed by atoms with Crippen LogP contribution >= 0.6 is 0 Å². The number of hydrogen-bond acceptors (Lipinski definition) is 8. The number of anilines is 1. The van der Waals surface area contributed by atoms with Crippen molar-refractivity contribution in [2.24, 2.45) is 0 Å². The molecule has 0 bridgehead atoms. The number of aliphatic hydroxyl groups is 1. The number of aliphatic hydroxyl groups excluding tert-OH is 1. The molecule has 4 rings (SSSR count). The van der Waals surface area contributed by atoms with E-state index in [1.807, 2.05) is 18.2 Å². The predicted octanol–water partition coefficient (Wildman–Crippen LogP) is 2.65. The number of nitrogens with one attached hydrogen (secondary N) is 1. The third kappa shape index (κ3) is 3.83. The smallest absolute Gasteiger partial charge is 0.166 e. The van der Waals surface area contributed by atoms with Crippen LogP contribution in [0.5, 0.6) is 11.5 Å². The van der Waals surface area contributed by atoms with E-state index in [0.717, 1.165) is 36.3 Å². The molecule has 1 aromatic carbocycles. The zero-order valence-corrected chi connectivity index (χ0v) is 16.6. The maximum atomic E-state index is 9.86. The molecule has 0 radical (unpaired) electrons. The summed E-state index contributed by atoms with van der Waals surface area (Å²) in [4.78, 5) is 8.80. The molecule has 1 aliphatic rings. The summed E-state index contributed by atoms with van der Waals surface area (Å²) in [5.41, 5.74) is 2.13. The van der Waals surface area contributed by atoms with Crippen LogP contribution in [0.25, 0.3) is 11.0 Å². The van der Waals surface area contributed by atoms with Crippen LogP contribution in [-0.2, 0) is 17.9 Å². The Kier molecular flexibility index (Phi) is 5.77. The minimum absolute atomic E-state index is 0.170. The standard InChI is InChI=1S/C20H25N5O4/c1-27-14-7-6-13(16(9-14)28-2)10-21-19-18-15(11-26)24-25(20(18)23-12-22-19)17-5-3-4-8-29-17/h6-7,9,12,17,26H,3-5,8,10-11H2,1-2H3,(H,21,22,23). The van der Waals surface area contributed by atoms with Gasteiger partial charge in [-0.25, -0.2) is 14.6 Å². The largest absolute Gasteiger partial charge is 0.497 e. The van der Waals surface area contributed by atoms with Crippen molar-refractivity contribution in [3.8, 4) is 11.5 Å². The highest BCUT2D eigenvalue weighted by Crippen LogP contribution is 2.31. The first-order valence-electron chi connectivity index (χ1n) is 9.64. The molecule has 3 heterocycles. The molecule has 1 saturated heterocycles. The van der Waals surface area contributed by atoms with Crippen molar-refractivity contribution in [1.29, 1.82) is 0 Å². The molecule has 9 heteroatoms. The Morgan fingerprint density at radius 2 is 2.14 bits per heavy atom. The van der Waals surface area contributed by atoms with Crippen molar-refractivity contribution in [3.63, 3.8) is 0 Å². The topological polar surface area (TPSA) is 104 Å². The maximum Gasteiger partial charge on any atom is 0.166 e. The van der Waals surface area contributed by atoms with Crippen LogP contribution in [0.4, 0.5) is 5.82 Å². The Morgan fingerprint density at radius 3 is 2.86 bits per heavy atom. The number of ether oxygens (including phenoxy) is 3. The summed E-state index contributed by atoms with van der Waals surface area (Å²) in [7, 11) is 3.24. The normalized spacial score (nSPS) is 16.7. The Labute approximate surface area is 168 Å². The second kappa shape index (κ2) is 8.62. The van der Waals surface area contributed by atoms with Gasteiger partial charge in [-0.2, -0.15) is 5.10 Å². The van der Waals surface area contributed by atoms with E-state index in [2.05, 4.69) is 20.4 Å². The highest BCUT2D eigenvalue weighted by Gasteiger charge is 2.23. The fourth-order valence-corrected chi connectivity index (χ4v) is 3.58. The number of benzene rings is 1. The lowest BCUT2D eigenvalue weighted by Gasteiger charge is -2.23. The van der Waals surface area contributed by atoms with E-state index in [-0.39, 0.29) is 12.8 Å². The van der Waals surface area contributed by atoms with Crippen LogP contribution in [0.1, 0.15) is 36.7 Å². The Morgan fingerprint density at radius 1 is 1.24 bits per heavy atom. The summed E-state index contributed by atoms with van der Waals surface area (Å²) in [6, 6.07) is 5.66. The zero-order valence-electron chi connectivity index (χ0n) is 16.6. The molecule has 2 aromatic heterocycles. The van der Waals surface area contributed by atoms with E-state index >= 15 is 0 Å². The number of methoxy groups -OCH3 is 2. The summed E-state index contributed by atoms with van der Waals surface area (Å²) in [5.74, 6) is 2.06. The van der Waals surface area contributed by atoms with Crippen molar-refractivity contribution in [2.75, 3.05) is 26.1 Å². The number of nitrogens with zero attached hydrogens (tertiary/aromatic N) is 4. The van der Waals surface area contributed by atoms with Crippen LogP contribution in [0, 0.1) is 0 Å². The van der Waals surface area contributed by atoms with Gasteiger partial charge in [0.1, 0.15) is 29.3 Å². The van der Waals surface area contributed by atoms with Gasteiger partial charge in [-0.3, -0.25) is 0 Å². The molecule has 9 nitrogen and oxygen atoms in total. The van der Waals surface area contributed by atoms with Crippen LogP contribution in [-0.4, -0.2) is 45.7 Å². The number of rotatable bonds is 7. The van der Waals surface area contributed by atoms with Gasteiger partial charge in [-0.15, -0.1) is 0 Å². The highest BCUT2D eigenvalue weighted by molar-refractivity contribution is 5.89. The molecular formula is C20H25N5O4. The predicted molar refractivity (Wildman–Crippen MR) is 107 cm³/mol. The molecule has 154 valence electrons. The Bertz CT molecular complexity index is 984. The van der Waals surface area contributed by atoms with Crippen molar-refractivity contribution in [1.82, 2.24) is 19.7 Å². The van der Waals surface area contributed by atoms with Crippen molar-refractivity contribution in [3.05, 3.63) is 35.8 Å². The molecule has 1 aliphatic heterocycles. The molecule has 1 fully saturated rings. The lowest BCUT2D eigenvalue weighted by atomic mass is 10.2. The third-order valence-electron chi connectivity index (χ3n) is 5.08. The monoisotopic (exact) mass is 399 g/mol. The summed E-state index contributed by atoms with van der Waals surface area (Å²) in [5, 5.41) is 18.5. The lowest BCUT2D eigenvalue weighted by Crippen LogP contribution is -2.19. The molecular weight excluding hydrogens is 374 g/mol. The minimum Gasteiger partial charge on any atom is -0.497 e. The van der Waals surface area contributed by atoms with E-state index in [0.29, 0.717) is 35.7 Å². The first-order valence-corrected chi connectivity index (χ1v) is 9.64. The molecule has 2 N–H and O–H groups in total. The first kappa shape index (κ1) is 19.4. The van der Waals surface area contributed by atoms with Crippen LogP contribution in [0.2, 0.25) is 0 Å². The maximum absolute atomic E-state index is 9.86. The number of aromatic nitrogens is 4. The van der Waals surface area contributed by atoms with Gasteiger partial charge in [0.15, 0.2) is 11.9 Å². The third-order valence-corrected chi connectivity index (χ3v) is 5.08. The van der Waals surface area contributed by atoms with Gasteiger partial charge in [0.2, 0.25) is 0 Å². The van der Waals surface area contributed by atoms with Gasteiger partial charge in [0, 0.05) is 24.8 Å². The molecule has 0 aliphatic carbocycles. The van der Waals surface area contributed by atoms with Gasteiger partial charge in [-0.05, 0) is 31.4 Å². The number of fused-ring (bicyclic) bond motifs is 1. The highest BCUT2D eigenvalue weighted by atomic mass is 16.5. The summed E-state index contributed by atoms with van der Waals surface area (Å²) < 4.78 is 18.3. The van der Waals surface area contributed by atoms with Gasteiger partial charge < -0.3 is 24.6 Å². The van der Waals surface area contributed by atoms with Crippen molar-refractivity contribution >= 4 is 16.9 Å². The fourth-order valence-electron chi connectivity index (χ4n) is 3.58. The van der Waals surface area contributed by atoms with E-state index in [9.17, 15) is 5.11 Å². The van der Waals surface area contributed by atoms with Gasteiger partial charge in [0.25, 0.3) is 0 Å². The quantitative estimate of drug-likeness (QED) is 0.625.